The third-order valence-electron chi connectivity index (χ3n) is 11.0. The van der Waals surface area contributed by atoms with Gasteiger partial charge in [-0.05, 0) is 94.0 Å². The first-order chi connectivity index (χ1) is 26.7. The van der Waals surface area contributed by atoms with E-state index in [1.54, 1.807) is 0 Å². The number of nitrogens with zero attached hydrogens (tertiary/aromatic N) is 1. The zero-order chi connectivity index (χ0) is 35.3. The summed E-state index contributed by atoms with van der Waals surface area (Å²) in [7, 11) is 0. The third-order valence-corrected chi connectivity index (χ3v) is 12.2. The zero-order valence-corrected chi connectivity index (χ0v) is 29.7. The Kier molecular flexibility index (Phi) is 6.21. The topological polar surface area (TPSA) is 29.5 Å². The van der Waals surface area contributed by atoms with Crippen molar-refractivity contribution in [1.29, 1.82) is 0 Å². The van der Waals surface area contributed by atoms with E-state index < -0.39 is 0 Å². The molecule has 0 aliphatic heterocycles. The van der Waals surface area contributed by atoms with Crippen LogP contribution in [0, 0.1) is 0 Å². The van der Waals surface area contributed by atoms with E-state index in [9.17, 15) is 0 Å². The molecular weight excluding hydrogens is 679 g/mol. The van der Waals surface area contributed by atoms with Gasteiger partial charge in [0.25, 0.3) is 0 Å². The van der Waals surface area contributed by atoms with Gasteiger partial charge in [0.2, 0.25) is 0 Å². The van der Waals surface area contributed by atoms with Crippen LogP contribution in [0.1, 0.15) is 0 Å². The predicted molar refractivity (Wildman–Crippen MR) is 229 cm³/mol. The molecule has 0 N–H and O–H groups in total. The molecule has 0 saturated heterocycles. The van der Waals surface area contributed by atoms with Gasteiger partial charge in [-0.15, -0.1) is 11.3 Å². The van der Waals surface area contributed by atoms with Gasteiger partial charge in [-0.3, -0.25) is 0 Å². The largest absolute Gasteiger partial charge is 0.456 e. The van der Waals surface area contributed by atoms with Gasteiger partial charge in [0.05, 0.1) is 5.69 Å². The van der Waals surface area contributed by atoms with Crippen molar-refractivity contribution in [2.75, 3.05) is 4.90 Å². The van der Waals surface area contributed by atoms with Gasteiger partial charge in [-0.1, -0.05) is 97.1 Å². The molecular formula is C50H29NO2S. The minimum atomic E-state index is 0.846. The standard InChI is InChI=1S/C50H29NO2S/c1-2-10-35-32(9-1)27-44(37-12-4-3-11-36(35)37)51(33-19-21-39-38-13-5-7-15-45(38)52-47(39)28-33)34-20-22-40-42-25-30(17-23-46(42)53-48(40)29-34)31-18-24-50-43(26-31)41-14-6-8-16-49(41)54-50/h1-29H. The molecule has 12 aromatic rings. The van der Waals surface area contributed by atoms with Gasteiger partial charge in [-0.2, -0.15) is 0 Å². The lowest BCUT2D eigenvalue weighted by molar-refractivity contribution is 0.669. The molecule has 0 radical (unpaired) electrons. The van der Waals surface area contributed by atoms with Gasteiger partial charge in [-0.25, -0.2) is 0 Å². The van der Waals surface area contributed by atoms with Crippen molar-refractivity contribution in [3.05, 3.63) is 176 Å². The number of furan rings is 2. The average Bonchev–Trinajstić information content (AvgIpc) is 3.91. The molecule has 54 heavy (non-hydrogen) atoms. The molecule has 0 bridgehead atoms. The van der Waals surface area contributed by atoms with Gasteiger partial charge in [0.1, 0.15) is 22.3 Å². The number of rotatable bonds is 4. The van der Waals surface area contributed by atoms with Gasteiger partial charge in [0.15, 0.2) is 0 Å². The van der Waals surface area contributed by atoms with E-state index in [4.69, 9.17) is 8.83 Å². The monoisotopic (exact) mass is 707 g/mol. The maximum atomic E-state index is 6.65. The van der Waals surface area contributed by atoms with Crippen LogP contribution in [0.15, 0.2) is 185 Å². The molecule has 0 aliphatic carbocycles. The fraction of sp³-hybridized carbons (Fsp3) is 0. The fourth-order valence-electron chi connectivity index (χ4n) is 8.49. The van der Waals surface area contributed by atoms with E-state index in [0.29, 0.717) is 0 Å². The molecule has 0 spiro atoms. The second-order valence-electron chi connectivity index (χ2n) is 14.1. The smallest absolute Gasteiger partial charge is 0.137 e. The summed E-state index contributed by atoms with van der Waals surface area (Å²) >= 11 is 1.85. The van der Waals surface area contributed by atoms with E-state index in [1.807, 2.05) is 23.5 Å². The predicted octanol–water partition coefficient (Wildman–Crippen LogP) is 15.3. The maximum Gasteiger partial charge on any atom is 0.137 e. The lowest BCUT2D eigenvalue weighted by Crippen LogP contribution is -2.10. The minimum Gasteiger partial charge on any atom is -0.456 e. The van der Waals surface area contributed by atoms with E-state index in [1.165, 1.54) is 52.8 Å². The van der Waals surface area contributed by atoms with Gasteiger partial charge in [0, 0.05) is 70.6 Å². The van der Waals surface area contributed by atoms with E-state index in [0.717, 1.165) is 60.9 Å². The summed E-state index contributed by atoms with van der Waals surface area (Å²) in [6, 6.07) is 63.1. The third kappa shape index (κ3) is 4.41. The summed E-state index contributed by atoms with van der Waals surface area (Å²) < 4.78 is 15.7. The van der Waals surface area contributed by atoms with Crippen LogP contribution in [0.5, 0.6) is 0 Å². The number of hydrogen-bond acceptors (Lipinski definition) is 4. The Hall–Kier alpha value is -6.88. The maximum absolute atomic E-state index is 6.65. The number of para-hydroxylation sites is 1. The summed E-state index contributed by atoms with van der Waals surface area (Å²) in [6.07, 6.45) is 0. The highest BCUT2D eigenvalue weighted by molar-refractivity contribution is 7.25. The Balaban J connectivity index is 1.05. The second kappa shape index (κ2) is 11.3. The highest BCUT2D eigenvalue weighted by Gasteiger charge is 2.21. The molecule has 3 aromatic heterocycles. The summed E-state index contributed by atoms with van der Waals surface area (Å²) in [5, 5.41) is 11.8. The molecule has 0 fully saturated rings. The normalized spacial score (nSPS) is 12.1. The summed E-state index contributed by atoms with van der Waals surface area (Å²) in [5.41, 5.74) is 8.95. The fourth-order valence-corrected chi connectivity index (χ4v) is 9.58. The molecule has 9 aromatic carbocycles. The first-order valence-corrected chi connectivity index (χ1v) is 19.1. The van der Waals surface area contributed by atoms with Crippen LogP contribution in [0.25, 0.3) is 96.7 Å². The van der Waals surface area contributed by atoms with Crippen LogP contribution in [-0.2, 0) is 0 Å². The van der Waals surface area contributed by atoms with Crippen LogP contribution in [0.4, 0.5) is 17.1 Å². The summed E-state index contributed by atoms with van der Waals surface area (Å²) in [5.74, 6) is 0. The Labute approximate surface area is 313 Å². The zero-order valence-electron chi connectivity index (χ0n) is 28.9. The molecule has 3 nitrogen and oxygen atoms in total. The van der Waals surface area contributed by atoms with Crippen LogP contribution >= 0.6 is 11.3 Å². The van der Waals surface area contributed by atoms with Crippen molar-refractivity contribution in [3.8, 4) is 11.1 Å². The Morgan fingerprint density at radius 1 is 0.333 bits per heavy atom. The minimum absolute atomic E-state index is 0.846. The highest BCUT2D eigenvalue weighted by atomic mass is 32.1. The van der Waals surface area contributed by atoms with E-state index in [2.05, 4.69) is 169 Å². The molecule has 0 aliphatic rings. The Morgan fingerprint density at radius 2 is 0.889 bits per heavy atom. The Bertz CT molecular complexity index is 3470. The van der Waals surface area contributed by atoms with Gasteiger partial charge < -0.3 is 13.7 Å². The molecule has 4 heteroatoms. The molecule has 0 amide bonds. The SMILES string of the molecule is c1ccc2c(c1)cc(N(c1ccc3c(c1)oc1ccccc13)c1ccc3c(c1)oc1ccc(-c4ccc5sc6ccccc6c5c4)cc13)c1ccccc12. The quantitative estimate of drug-likeness (QED) is 0.171. The lowest BCUT2D eigenvalue weighted by atomic mass is 9.98. The van der Waals surface area contributed by atoms with Crippen molar-refractivity contribution in [2.24, 2.45) is 0 Å². The molecule has 0 atom stereocenters. The summed E-state index contributed by atoms with van der Waals surface area (Å²) in [6.45, 7) is 0. The van der Waals surface area contributed by atoms with Crippen molar-refractivity contribution in [1.82, 2.24) is 0 Å². The van der Waals surface area contributed by atoms with Crippen LogP contribution in [0.3, 0.4) is 0 Å². The number of fused-ring (bicyclic) bond motifs is 12. The first-order valence-electron chi connectivity index (χ1n) is 18.2. The number of benzene rings is 9. The molecule has 12 rings (SSSR count). The highest BCUT2D eigenvalue weighted by Crippen LogP contribution is 2.45. The van der Waals surface area contributed by atoms with Gasteiger partial charge >= 0.3 is 0 Å². The number of anilines is 3. The number of hydrogen-bond donors (Lipinski definition) is 0. The van der Waals surface area contributed by atoms with Crippen LogP contribution in [-0.4, -0.2) is 0 Å². The van der Waals surface area contributed by atoms with Crippen molar-refractivity contribution in [2.45, 2.75) is 0 Å². The molecule has 0 unspecified atom stereocenters. The summed E-state index contributed by atoms with van der Waals surface area (Å²) in [4.78, 5) is 2.35. The number of thiophene rings is 1. The van der Waals surface area contributed by atoms with Crippen molar-refractivity contribution >= 4 is 114 Å². The average molecular weight is 708 g/mol. The van der Waals surface area contributed by atoms with Crippen molar-refractivity contribution in [3.63, 3.8) is 0 Å². The van der Waals surface area contributed by atoms with Crippen LogP contribution in [0.2, 0.25) is 0 Å². The van der Waals surface area contributed by atoms with Crippen LogP contribution < -0.4 is 4.90 Å². The Morgan fingerprint density at radius 3 is 1.69 bits per heavy atom. The van der Waals surface area contributed by atoms with Crippen molar-refractivity contribution < 1.29 is 8.83 Å². The van der Waals surface area contributed by atoms with E-state index in [-0.39, 0.29) is 0 Å². The lowest BCUT2D eigenvalue weighted by Gasteiger charge is -2.27. The first kappa shape index (κ1) is 29.7. The second-order valence-corrected chi connectivity index (χ2v) is 15.2. The van der Waals surface area contributed by atoms with E-state index >= 15 is 0 Å². The molecule has 3 heterocycles. The molecule has 252 valence electrons. The molecule has 0 saturated carbocycles.